The largest absolute Gasteiger partial charge is 0.489 e. The molecule has 0 aliphatic carbocycles. The number of fused-ring (bicyclic) bond motifs is 1. The molecule has 0 amide bonds. The van der Waals surface area contributed by atoms with E-state index in [9.17, 15) is 4.79 Å². The smallest absolute Gasteiger partial charge is 0.340 e. The van der Waals surface area contributed by atoms with Gasteiger partial charge in [0.2, 0.25) is 0 Å². The van der Waals surface area contributed by atoms with Crippen LogP contribution in [0.15, 0.2) is 182 Å². The highest BCUT2D eigenvalue weighted by Gasteiger charge is 2.39. The number of hydrogen-bond acceptors (Lipinski definition) is 8. The normalized spacial score (nSPS) is 14.8. The molecule has 0 radical (unpaired) electrons. The molecule has 0 fully saturated rings. The van der Waals surface area contributed by atoms with Gasteiger partial charge in [0.15, 0.2) is 23.7 Å². The van der Waals surface area contributed by atoms with Gasteiger partial charge in [-0.25, -0.2) is 4.79 Å². The second-order valence-corrected chi connectivity index (χ2v) is 14.4. The Bertz CT molecular complexity index is 2430. The Labute approximate surface area is 350 Å². The van der Waals surface area contributed by atoms with Gasteiger partial charge >= 0.3 is 5.97 Å². The number of methoxy groups -OCH3 is 1. The summed E-state index contributed by atoms with van der Waals surface area (Å²) in [5, 5.41) is 0. The van der Waals surface area contributed by atoms with Gasteiger partial charge in [0.1, 0.15) is 49.8 Å². The van der Waals surface area contributed by atoms with E-state index >= 15 is 0 Å². The maximum absolute atomic E-state index is 14.1. The van der Waals surface area contributed by atoms with Gasteiger partial charge in [0.25, 0.3) is 0 Å². The molecule has 0 saturated heterocycles. The fourth-order valence-corrected chi connectivity index (χ4v) is 7.11. The van der Waals surface area contributed by atoms with E-state index in [0.717, 1.165) is 33.4 Å². The zero-order valence-electron chi connectivity index (χ0n) is 33.4. The van der Waals surface area contributed by atoms with Crippen LogP contribution in [0.3, 0.4) is 0 Å². The fraction of sp³-hybridized carbons (Fsp3) is 0.173. The molecule has 7 aromatic rings. The molecule has 3 atom stereocenters. The predicted molar refractivity (Wildman–Crippen MR) is 229 cm³/mol. The van der Waals surface area contributed by atoms with Crippen LogP contribution in [-0.2, 0) is 47.1 Å². The number of carbonyl (C=O) groups is 1. The first-order chi connectivity index (χ1) is 29.6. The summed E-state index contributed by atoms with van der Waals surface area (Å²) in [5.74, 6) is 2.27. The molecule has 8 heteroatoms. The Morgan fingerprint density at radius 3 is 1.57 bits per heavy atom. The van der Waals surface area contributed by atoms with Crippen LogP contribution in [0.1, 0.15) is 51.2 Å². The number of esters is 1. The SMILES string of the molecule is COC(C(=O)OC1Cc2c(OCc3ccccc3)cc(OCc3ccccc3)cc2OC1c1ccc(OCc2ccccc2)c(OCc2ccccc2)c1)c1ccccc1. The van der Waals surface area contributed by atoms with Crippen molar-refractivity contribution in [3.8, 4) is 28.7 Å². The molecule has 0 bridgehead atoms. The number of rotatable bonds is 17. The minimum atomic E-state index is -0.950. The van der Waals surface area contributed by atoms with Gasteiger partial charge in [-0.3, -0.25) is 0 Å². The van der Waals surface area contributed by atoms with Gasteiger partial charge in [-0.05, 0) is 39.9 Å². The molecule has 3 unspecified atom stereocenters. The molecule has 0 saturated carbocycles. The number of hydrogen-bond donors (Lipinski definition) is 0. The summed E-state index contributed by atoms with van der Waals surface area (Å²) in [6.45, 7) is 1.34. The van der Waals surface area contributed by atoms with E-state index in [-0.39, 0.29) is 6.42 Å². The lowest BCUT2D eigenvalue weighted by atomic mass is 9.93. The van der Waals surface area contributed by atoms with Crippen LogP contribution in [0, 0.1) is 0 Å². The molecular formula is C52H46O8. The minimum Gasteiger partial charge on any atom is -0.489 e. The van der Waals surface area contributed by atoms with Crippen molar-refractivity contribution in [2.24, 2.45) is 0 Å². The molecule has 8 nitrogen and oxygen atoms in total. The summed E-state index contributed by atoms with van der Waals surface area (Å²) in [7, 11) is 1.50. The van der Waals surface area contributed by atoms with E-state index in [1.54, 1.807) is 0 Å². The van der Waals surface area contributed by atoms with Gasteiger partial charge in [-0.15, -0.1) is 0 Å². The number of ether oxygens (including phenoxy) is 7. The lowest BCUT2D eigenvalue weighted by Crippen LogP contribution is -2.36. The summed E-state index contributed by atoms with van der Waals surface area (Å²) in [6, 6.07) is 58.6. The highest BCUT2D eigenvalue weighted by molar-refractivity contribution is 5.77. The van der Waals surface area contributed by atoms with Crippen LogP contribution >= 0.6 is 0 Å². The Morgan fingerprint density at radius 2 is 1.03 bits per heavy atom. The van der Waals surface area contributed by atoms with E-state index in [2.05, 4.69) is 0 Å². The van der Waals surface area contributed by atoms with Gasteiger partial charge in [0.05, 0.1) is 0 Å². The first-order valence-corrected chi connectivity index (χ1v) is 20.0. The van der Waals surface area contributed by atoms with E-state index in [0.29, 0.717) is 60.7 Å². The number of benzene rings is 7. The molecule has 60 heavy (non-hydrogen) atoms. The lowest BCUT2D eigenvalue weighted by molar-refractivity contribution is -0.167. The van der Waals surface area contributed by atoms with Crippen molar-refractivity contribution in [2.45, 2.75) is 51.2 Å². The molecule has 1 aliphatic heterocycles. The van der Waals surface area contributed by atoms with Crippen LogP contribution in [0.2, 0.25) is 0 Å². The van der Waals surface area contributed by atoms with Crippen molar-refractivity contribution < 1.29 is 38.0 Å². The van der Waals surface area contributed by atoms with Crippen LogP contribution in [-0.4, -0.2) is 19.2 Å². The van der Waals surface area contributed by atoms with Crippen molar-refractivity contribution in [1.29, 1.82) is 0 Å². The second-order valence-electron chi connectivity index (χ2n) is 14.4. The van der Waals surface area contributed by atoms with Gasteiger partial charge < -0.3 is 33.2 Å². The standard InChI is InChI=1S/C52H46O8/c1-54-51(41-25-15-6-16-26-41)52(53)60-49-32-44-46(57-35-39-21-11-4-12-22-39)30-43(55-33-37-17-7-2-8-18-37)31-47(44)59-50(49)42-27-28-45(56-34-38-19-9-3-10-20-38)48(29-42)58-36-40-23-13-5-14-24-40/h2-31,49-51H,32-36H2,1H3. The topological polar surface area (TPSA) is 81.7 Å². The third kappa shape index (κ3) is 10.2. The van der Waals surface area contributed by atoms with Crippen LogP contribution < -0.4 is 23.7 Å². The van der Waals surface area contributed by atoms with Crippen molar-refractivity contribution in [1.82, 2.24) is 0 Å². The van der Waals surface area contributed by atoms with Gasteiger partial charge in [-0.2, -0.15) is 0 Å². The van der Waals surface area contributed by atoms with E-state index in [1.807, 2.05) is 182 Å². The zero-order chi connectivity index (χ0) is 40.9. The van der Waals surface area contributed by atoms with Gasteiger partial charge in [0, 0.05) is 36.8 Å². The summed E-state index contributed by atoms with van der Waals surface area (Å²) in [4.78, 5) is 14.1. The van der Waals surface area contributed by atoms with Crippen LogP contribution in [0.25, 0.3) is 0 Å². The average Bonchev–Trinajstić information content (AvgIpc) is 3.30. The highest BCUT2D eigenvalue weighted by Crippen LogP contribution is 2.45. The molecule has 0 aromatic heterocycles. The van der Waals surface area contributed by atoms with Crippen LogP contribution in [0.5, 0.6) is 28.7 Å². The first-order valence-electron chi connectivity index (χ1n) is 20.0. The second kappa shape index (κ2) is 19.6. The Morgan fingerprint density at radius 1 is 0.550 bits per heavy atom. The zero-order valence-corrected chi connectivity index (χ0v) is 33.4. The third-order valence-corrected chi connectivity index (χ3v) is 10.2. The van der Waals surface area contributed by atoms with E-state index in [1.165, 1.54) is 7.11 Å². The maximum Gasteiger partial charge on any atom is 0.340 e. The molecular weight excluding hydrogens is 753 g/mol. The quantitative estimate of drug-likeness (QED) is 0.0843. The van der Waals surface area contributed by atoms with Crippen molar-refractivity contribution >= 4 is 5.97 Å². The minimum absolute atomic E-state index is 0.284. The Hall–Kier alpha value is -7.03. The van der Waals surface area contributed by atoms with Gasteiger partial charge in [-0.1, -0.05) is 158 Å². The van der Waals surface area contributed by atoms with E-state index < -0.39 is 24.3 Å². The summed E-state index contributed by atoms with van der Waals surface area (Å²) in [6.07, 6.45) is -2.22. The van der Waals surface area contributed by atoms with E-state index in [4.69, 9.17) is 33.2 Å². The Balaban J connectivity index is 1.16. The summed E-state index contributed by atoms with van der Waals surface area (Å²) < 4.78 is 44.8. The Kier molecular flexibility index (Phi) is 13.0. The molecule has 0 N–H and O–H groups in total. The highest BCUT2D eigenvalue weighted by atomic mass is 16.6. The average molecular weight is 799 g/mol. The maximum atomic E-state index is 14.1. The van der Waals surface area contributed by atoms with Crippen molar-refractivity contribution in [3.05, 3.63) is 221 Å². The lowest BCUT2D eigenvalue weighted by Gasteiger charge is -2.35. The monoisotopic (exact) mass is 798 g/mol. The first kappa shape index (κ1) is 39.8. The summed E-state index contributed by atoms with van der Waals surface area (Å²) >= 11 is 0. The third-order valence-electron chi connectivity index (χ3n) is 10.2. The van der Waals surface area contributed by atoms with Crippen LogP contribution in [0.4, 0.5) is 0 Å². The van der Waals surface area contributed by atoms with Crippen molar-refractivity contribution in [3.63, 3.8) is 0 Å². The molecule has 1 aliphatic rings. The predicted octanol–water partition coefficient (Wildman–Crippen LogP) is 11.0. The molecule has 1 heterocycles. The number of carbonyl (C=O) groups excluding carboxylic acids is 1. The van der Waals surface area contributed by atoms with Crippen molar-refractivity contribution in [2.75, 3.05) is 7.11 Å². The molecule has 302 valence electrons. The molecule has 8 rings (SSSR count). The fourth-order valence-electron chi connectivity index (χ4n) is 7.11. The molecule has 0 spiro atoms. The summed E-state index contributed by atoms with van der Waals surface area (Å²) in [5.41, 5.74) is 6.22. The molecule has 7 aromatic carbocycles.